The molecule has 0 spiro atoms. The van der Waals surface area contributed by atoms with Crippen LogP contribution in [0, 0.1) is 0 Å². The van der Waals surface area contributed by atoms with Crippen molar-refractivity contribution in [2.24, 2.45) is 0 Å². The number of nitrogen functional groups attached to an aromatic ring is 1. The molecule has 0 saturated carbocycles. The Kier molecular flexibility index (Phi) is 2.13. The Labute approximate surface area is 85.8 Å². The quantitative estimate of drug-likeness (QED) is 0.690. The van der Waals surface area contributed by atoms with Crippen LogP contribution in [0.15, 0.2) is 36.5 Å². The second kappa shape index (κ2) is 3.45. The lowest BCUT2D eigenvalue weighted by molar-refractivity contribution is 0.192. The molecule has 76 valence electrons. The molecular formula is C10H9N3O2. The van der Waals surface area contributed by atoms with Crippen LogP contribution in [0.25, 0.3) is 11.3 Å². The van der Waals surface area contributed by atoms with Gasteiger partial charge in [0.1, 0.15) is 0 Å². The smallest absolute Gasteiger partial charge is 0.432 e. The van der Waals surface area contributed by atoms with Crippen molar-refractivity contribution < 1.29 is 9.90 Å². The van der Waals surface area contributed by atoms with E-state index in [1.54, 1.807) is 18.2 Å². The highest BCUT2D eigenvalue weighted by Crippen LogP contribution is 2.23. The van der Waals surface area contributed by atoms with Gasteiger partial charge in [-0.1, -0.05) is 18.2 Å². The van der Waals surface area contributed by atoms with E-state index in [0.717, 1.165) is 10.2 Å². The standard InChI is InChI=1S/C10H9N3O2/c11-8-4-2-1-3-7(8)9-5-6-13(12-9)10(14)15/h1-6H,11H2,(H,14,15). The predicted molar refractivity (Wildman–Crippen MR) is 55.5 cm³/mol. The van der Waals surface area contributed by atoms with Gasteiger partial charge < -0.3 is 10.8 Å². The van der Waals surface area contributed by atoms with Crippen molar-refractivity contribution >= 4 is 11.8 Å². The van der Waals surface area contributed by atoms with E-state index in [1.807, 2.05) is 12.1 Å². The van der Waals surface area contributed by atoms with Crippen LogP contribution >= 0.6 is 0 Å². The van der Waals surface area contributed by atoms with Crippen LogP contribution in [0.4, 0.5) is 10.5 Å². The maximum Gasteiger partial charge on any atom is 0.432 e. The molecule has 0 radical (unpaired) electrons. The van der Waals surface area contributed by atoms with Gasteiger partial charge in [0, 0.05) is 17.4 Å². The Morgan fingerprint density at radius 1 is 1.33 bits per heavy atom. The van der Waals surface area contributed by atoms with E-state index < -0.39 is 6.09 Å². The van der Waals surface area contributed by atoms with Crippen molar-refractivity contribution in [2.45, 2.75) is 0 Å². The molecule has 0 aliphatic carbocycles. The van der Waals surface area contributed by atoms with Crippen molar-refractivity contribution in [2.75, 3.05) is 5.73 Å². The highest BCUT2D eigenvalue weighted by atomic mass is 16.4. The first-order chi connectivity index (χ1) is 7.18. The van der Waals surface area contributed by atoms with Gasteiger partial charge >= 0.3 is 6.09 Å². The Hall–Kier alpha value is -2.30. The summed E-state index contributed by atoms with van der Waals surface area (Å²) in [6, 6.07) is 8.79. The average molecular weight is 203 g/mol. The SMILES string of the molecule is Nc1ccccc1-c1ccn(C(=O)O)n1. The molecule has 15 heavy (non-hydrogen) atoms. The molecule has 0 saturated heterocycles. The number of anilines is 1. The van der Waals surface area contributed by atoms with Gasteiger partial charge in [0.15, 0.2) is 0 Å². The van der Waals surface area contributed by atoms with Gasteiger partial charge in [0.05, 0.1) is 5.69 Å². The van der Waals surface area contributed by atoms with Gasteiger partial charge in [0.2, 0.25) is 0 Å². The van der Waals surface area contributed by atoms with E-state index in [2.05, 4.69) is 5.10 Å². The topological polar surface area (TPSA) is 81.1 Å². The molecule has 1 heterocycles. The summed E-state index contributed by atoms with van der Waals surface area (Å²) in [7, 11) is 0. The normalized spacial score (nSPS) is 10.1. The zero-order valence-corrected chi connectivity index (χ0v) is 7.79. The molecule has 5 nitrogen and oxygen atoms in total. The molecule has 1 aromatic heterocycles. The number of rotatable bonds is 1. The van der Waals surface area contributed by atoms with Gasteiger partial charge in [-0.2, -0.15) is 9.78 Å². The minimum atomic E-state index is -1.12. The lowest BCUT2D eigenvalue weighted by atomic mass is 10.1. The van der Waals surface area contributed by atoms with Gasteiger partial charge in [-0.25, -0.2) is 4.79 Å². The van der Waals surface area contributed by atoms with Gasteiger partial charge in [-0.15, -0.1) is 0 Å². The first kappa shape index (κ1) is 9.26. The zero-order valence-electron chi connectivity index (χ0n) is 7.79. The molecular weight excluding hydrogens is 194 g/mol. The fourth-order valence-corrected chi connectivity index (χ4v) is 1.30. The third kappa shape index (κ3) is 1.67. The summed E-state index contributed by atoms with van der Waals surface area (Å²) in [6.45, 7) is 0. The lowest BCUT2D eigenvalue weighted by Gasteiger charge is -2.00. The van der Waals surface area contributed by atoms with Gasteiger partial charge in [-0.3, -0.25) is 0 Å². The minimum absolute atomic E-state index is 0.551. The summed E-state index contributed by atoms with van der Waals surface area (Å²) in [5.74, 6) is 0. The summed E-state index contributed by atoms with van der Waals surface area (Å²) in [6.07, 6.45) is 0.264. The summed E-state index contributed by atoms with van der Waals surface area (Å²) in [5, 5.41) is 12.6. The van der Waals surface area contributed by atoms with Crippen LogP contribution in [0.3, 0.4) is 0 Å². The number of aromatic nitrogens is 2. The van der Waals surface area contributed by atoms with E-state index in [0.29, 0.717) is 11.4 Å². The minimum Gasteiger partial charge on any atom is -0.463 e. The number of para-hydroxylation sites is 1. The van der Waals surface area contributed by atoms with Crippen LogP contribution in [0.1, 0.15) is 0 Å². The third-order valence-corrected chi connectivity index (χ3v) is 2.02. The van der Waals surface area contributed by atoms with E-state index in [-0.39, 0.29) is 0 Å². The van der Waals surface area contributed by atoms with E-state index >= 15 is 0 Å². The summed E-state index contributed by atoms with van der Waals surface area (Å²) in [5.41, 5.74) is 7.60. The molecule has 0 aliphatic heterocycles. The maximum atomic E-state index is 10.6. The molecule has 0 atom stereocenters. The Morgan fingerprint density at radius 2 is 2.07 bits per heavy atom. The number of nitrogens with zero attached hydrogens (tertiary/aromatic N) is 2. The average Bonchev–Trinajstić information content (AvgIpc) is 2.67. The Balaban J connectivity index is 2.46. The van der Waals surface area contributed by atoms with Crippen molar-refractivity contribution in [3.8, 4) is 11.3 Å². The molecule has 0 unspecified atom stereocenters. The predicted octanol–water partition coefficient (Wildman–Crippen LogP) is 1.66. The van der Waals surface area contributed by atoms with E-state index in [9.17, 15) is 4.79 Å². The summed E-state index contributed by atoms with van der Waals surface area (Å²) in [4.78, 5) is 10.6. The molecule has 3 N–H and O–H groups in total. The van der Waals surface area contributed by atoms with Crippen molar-refractivity contribution in [1.29, 1.82) is 0 Å². The van der Waals surface area contributed by atoms with Crippen molar-refractivity contribution in [3.63, 3.8) is 0 Å². The fourth-order valence-electron chi connectivity index (χ4n) is 1.30. The zero-order chi connectivity index (χ0) is 10.8. The second-order valence-electron chi connectivity index (χ2n) is 3.02. The van der Waals surface area contributed by atoms with Crippen LogP contribution < -0.4 is 5.73 Å². The van der Waals surface area contributed by atoms with Crippen molar-refractivity contribution in [1.82, 2.24) is 9.78 Å². The highest BCUT2D eigenvalue weighted by Gasteiger charge is 2.07. The van der Waals surface area contributed by atoms with E-state index in [1.165, 1.54) is 6.20 Å². The molecule has 2 rings (SSSR count). The molecule has 1 aromatic carbocycles. The molecule has 0 bridgehead atoms. The first-order valence-electron chi connectivity index (χ1n) is 4.32. The number of hydrogen-bond donors (Lipinski definition) is 2. The number of benzene rings is 1. The van der Waals surface area contributed by atoms with Crippen LogP contribution in [-0.4, -0.2) is 21.0 Å². The fraction of sp³-hybridized carbons (Fsp3) is 0. The highest BCUT2D eigenvalue weighted by molar-refractivity contribution is 5.75. The van der Waals surface area contributed by atoms with Crippen LogP contribution in [-0.2, 0) is 0 Å². The number of hydrogen-bond acceptors (Lipinski definition) is 3. The summed E-state index contributed by atoms with van der Waals surface area (Å²) >= 11 is 0. The first-order valence-corrected chi connectivity index (χ1v) is 4.32. The van der Waals surface area contributed by atoms with Crippen LogP contribution in [0.2, 0.25) is 0 Å². The van der Waals surface area contributed by atoms with E-state index in [4.69, 9.17) is 10.8 Å². The molecule has 5 heteroatoms. The van der Waals surface area contributed by atoms with Crippen molar-refractivity contribution in [3.05, 3.63) is 36.5 Å². The largest absolute Gasteiger partial charge is 0.463 e. The Bertz CT molecular complexity index is 505. The number of carbonyl (C=O) groups is 1. The molecule has 0 amide bonds. The second-order valence-corrected chi connectivity index (χ2v) is 3.02. The molecule has 0 fully saturated rings. The molecule has 2 aromatic rings. The van der Waals surface area contributed by atoms with Gasteiger partial charge in [-0.05, 0) is 12.1 Å². The lowest BCUT2D eigenvalue weighted by Crippen LogP contribution is -2.08. The van der Waals surface area contributed by atoms with Crippen LogP contribution in [0.5, 0.6) is 0 Å². The van der Waals surface area contributed by atoms with Gasteiger partial charge in [0.25, 0.3) is 0 Å². The number of carboxylic acid groups (broad SMARTS) is 1. The summed E-state index contributed by atoms with van der Waals surface area (Å²) < 4.78 is 0.849. The monoisotopic (exact) mass is 203 g/mol. The number of nitrogens with two attached hydrogens (primary N) is 1. The Morgan fingerprint density at radius 3 is 2.67 bits per heavy atom. The molecule has 0 aliphatic rings. The third-order valence-electron chi connectivity index (χ3n) is 2.02. The maximum absolute atomic E-state index is 10.6.